The number of hydrogen-bond acceptors (Lipinski definition) is 4. The van der Waals surface area contributed by atoms with Crippen molar-refractivity contribution in [1.82, 2.24) is 9.88 Å². The highest BCUT2D eigenvalue weighted by Gasteiger charge is 2.32. The highest BCUT2D eigenvalue weighted by atomic mass is 16.3. The van der Waals surface area contributed by atoms with Crippen LogP contribution in [0.2, 0.25) is 0 Å². The molecule has 1 aliphatic carbocycles. The van der Waals surface area contributed by atoms with Gasteiger partial charge in [-0.25, -0.2) is 0 Å². The summed E-state index contributed by atoms with van der Waals surface area (Å²) >= 11 is 0. The zero-order valence-electron chi connectivity index (χ0n) is 10.4. The first-order chi connectivity index (χ1) is 8.07. The normalized spacial score (nSPS) is 18.8. The monoisotopic (exact) mass is 235 g/mol. The molecule has 0 atom stereocenters. The standard InChI is InChI=1S/C13H21N3O/c1-16(10-13(17)5-2-3-6-13)9-12-8-11(14)4-7-15-12/h4,7-8,17H,2-3,5-6,9-10H2,1H3,(H2,14,15). The van der Waals surface area contributed by atoms with E-state index >= 15 is 0 Å². The molecule has 0 radical (unpaired) electrons. The first kappa shape index (κ1) is 12.3. The summed E-state index contributed by atoms with van der Waals surface area (Å²) in [5.74, 6) is 0. The van der Waals surface area contributed by atoms with E-state index in [9.17, 15) is 5.11 Å². The Balaban J connectivity index is 1.90. The second-order valence-electron chi connectivity index (χ2n) is 5.18. The first-order valence-electron chi connectivity index (χ1n) is 6.19. The number of aliphatic hydroxyl groups is 1. The van der Waals surface area contributed by atoms with Crippen molar-refractivity contribution in [2.75, 3.05) is 19.3 Å². The van der Waals surface area contributed by atoms with Crippen LogP contribution < -0.4 is 5.73 Å². The molecule has 1 heterocycles. The quantitative estimate of drug-likeness (QED) is 0.828. The van der Waals surface area contributed by atoms with Crippen molar-refractivity contribution in [2.45, 2.75) is 37.8 Å². The molecule has 0 unspecified atom stereocenters. The predicted octanol–water partition coefficient (Wildman–Crippen LogP) is 1.40. The molecule has 1 aromatic rings. The lowest BCUT2D eigenvalue weighted by Crippen LogP contribution is -2.38. The molecule has 94 valence electrons. The van der Waals surface area contributed by atoms with Gasteiger partial charge < -0.3 is 10.8 Å². The zero-order valence-corrected chi connectivity index (χ0v) is 10.4. The van der Waals surface area contributed by atoms with E-state index in [1.807, 2.05) is 13.1 Å². The van der Waals surface area contributed by atoms with E-state index < -0.39 is 5.60 Å². The Hall–Kier alpha value is -1.13. The molecule has 1 aliphatic rings. The average molecular weight is 235 g/mol. The van der Waals surface area contributed by atoms with Gasteiger partial charge in [-0.05, 0) is 32.0 Å². The van der Waals surface area contributed by atoms with Gasteiger partial charge in [-0.15, -0.1) is 0 Å². The van der Waals surface area contributed by atoms with Gasteiger partial charge in [-0.2, -0.15) is 0 Å². The number of anilines is 1. The predicted molar refractivity (Wildman–Crippen MR) is 68.4 cm³/mol. The SMILES string of the molecule is CN(Cc1cc(N)ccn1)CC1(O)CCCC1. The molecule has 3 N–H and O–H groups in total. The summed E-state index contributed by atoms with van der Waals surface area (Å²) in [5.41, 5.74) is 6.92. The van der Waals surface area contributed by atoms with Crippen LogP contribution in [0.4, 0.5) is 5.69 Å². The molecular formula is C13H21N3O. The lowest BCUT2D eigenvalue weighted by molar-refractivity contribution is 0.0143. The van der Waals surface area contributed by atoms with Gasteiger partial charge in [0.2, 0.25) is 0 Å². The van der Waals surface area contributed by atoms with Gasteiger partial charge in [0.05, 0.1) is 11.3 Å². The van der Waals surface area contributed by atoms with Gasteiger partial charge in [-0.3, -0.25) is 9.88 Å². The summed E-state index contributed by atoms with van der Waals surface area (Å²) in [6.45, 7) is 1.44. The minimum atomic E-state index is -0.491. The minimum Gasteiger partial charge on any atom is -0.399 e. The molecule has 0 bridgehead atoms. The summed E-state index contributed by atoms with van der Waals surface area (Å²) in [7, 11) is 2.02. The maximum absolute atomic E-state index is 10.3. The molecule has 1 fully saturated rings. The molecule has 4 heteroatoms. The van der Waals surface area contributed by atoms with E-state index in [2.05, 4.69) is 9.88 Å². The Morgan fingerprint density at radius 2 is 2.18 bits per heavy atom. The number of nitrogen functional groups attached to an aromatic ring is 1. The fraction of sp³-hybridized carbons (Fsp3) is 0.615. The van der Waals surface area contributed by atoms with Crippen LogP contribution in [-0.2, 0) is 6.54 Å². The Morgan fingerprint density at radius 1 is 1.47 bits per heavy atom. The van der Waals surface area contributed by atoms with E-state index in [1.165, 1.54) is 0 Å². The van der Waals surface area contributed by atoms with Crippen LogP contribution in [0.3, 0.4) is 0 Å². The molecule has 4 nitrogen and oxygen atoms in total. The third kappa shape index (κ3) is 3.41. The molecule has 0 spiro atoms. The molecule has 0 amide bonds. The number of likely N-dealkylation sites (N-methyl/N-ethyl adjacent to an activating group) is 1. The number of hydrogen-bond donors (Lipinski definition) is 2. The lowest BCUT2D eigenvalue weighted by Gasteiger charge is -2.28. The molecule has 17 heavy (non-hydrogen) atoms. The summed E-state index contributed by atoms with van der Waals surface area (Å²) in [4.78, 5) is 6.39. The third-order valence-electron chi connectivity index (χ3n) is 3.37. The molecule has 2 rings (SSSR count). The zero-order chi connectivity index (χ0) is 12.3. The number of nitrogens with two attached hydrogens (primary N) is 1. The second kappa shape index (κ2) is 5.02. The van der Waals surface area contributed by atoms with Gasteiger partial charge in [0, 0.05) is 25.0 Å². The maximum atomic E-state index is 10.3. The Kier molecular flexibility index (Phi) is 3.64. The van der Waals surface area contributed by atoms with Crippen molar-refractivity contribution in [2.24, 2.45) is 0 Å². The summed E-state index contributed by atoms with van der Waals surface area (Å²) in [5, 5.41) is 10.3. The molecule has 1 aromatic heterocycles. The smallest absolute Gasteiger partial charge is 0.0774 e. The number of nitrogens with zero attached hydrogens (tertiary/aromatic N) is 2. The van der Waals surface area contributed by atoms with Crippen molar-refractivity contribution in [3.8, 4) is 0 Å². The van der Waals surface area contributed by atoms with Crippen molar-refractivity contribution in [1.29, 1.82) is 0 Å². The largest absolute Gasteiger partial charge is 0.399 e. The van der Waals surface area contributed by atoms with Crippen LogP contribution in [0, 0.1) is 0 Å². The van der Waals surface area contributed by atoms with Crippen LogP contribution in [0.1, 0.15) is 31.4 Å². The molecule has 0 saturated heterocycles. The lowest BCUT2D eigenvalue weighted by atomic mass is 10.0. The molecule has 0 aliphatic heterocycles. The van der Waals surface area contributed by atoms with Gasteiger partial charge in [0.25, 0.3) is 0 Å². The van der Waals surface area contributed by atoms with Crippen molar-refractivity contribution in [3.63, 3.8) is 0 Å². The Morgan fingerprint density at radius 3 is 2.82 bits per heavy atom. The highest BCUT2D eigenvalue weighted by molar-refractivity contribution is 5.37. The van der Waals surface area contributed by atoms with Crippen LogP contribution in [-0.4, -0.2) is 34.2 Å². The maximum Gasteiger partial charge on any atom is 0.0774 e. The molecule has 1 saturated carbocycles. The van der Waals surface area contributed by atoms with E-state index in [-0.39, 0.29) is 0 Å². The van der Waals surface area contributed by atoms with E-state index in [1.54, 1.807) is 12.3 Å². The van der Waals surface area contributed by atoms with Crippen LogP contribution in [0.25, 0.3) is 0 Å². The van der Waals surface area contributed by atoms with Crippen LogP contribution >= 0.6 is 0 Å². The highest BCUT2D eigenvalue weighted by Crippen LogP contribution is 2.30. The summed E-state index contributed by atoms with van der Waals surface area (Å²) in [6, 6.07) is 3.67. The average Bonchev–Trinajstić information content (AvgIpc) is 2.64. The van der Waals surface area contributed by atoms with E-state index in [4.69, 9.17) is 5.73 Å². The summed E-state index contributed by atoms with van der Waals surface area (Å²) < 4.78 is 0. The topological polar surface area (TPSA) is 62.4 Å². The van der Waals surface area contributed by atoms with Crippen LogP contribution in [0.15, 0.2) is 18.3 Å². The van der Waals surface area contributed by atoms with Gasteiger partial charge in [0.15, 0.2) is 0 Å². The number of pyridine rings is 1. The second-order valence-corrected chi connectivity index (χ2v) is 5.18. The van der Waals surface area contributed by atoms with Gasteiger partial charge >= 0.3 is 0 Å². The number of aromatic nitrogens is 1. The van der Waals surface area contributed by atoms with Crippen molar-refractivity contribution < 1.29 is 5.11 Å². The van der Waals surface area contributed by atoms with E-state index in [0.29, 0.717) is 6.54 Å². The van der Waals surface area contributed by atoms with Crippen molar-refractivity contribution >= 4 is 5.69 Å². The summed E-state index contributed by atoms with van der Waals surface area (Å²) in [6.07, 6.45) is 5.84. The molecular weight excluding hydrogens is 214 g/mol. The Labute approximate surface area is 102 Å². The first-order valence-corrected chi connectivity index (χ1v) is 6.19. The minimum absolute atomic E-state index is 0.491. The molecule has 0 aromatic carbocycles. The van der Waals surface area contributed by atoms with Crippen molar-refractivity contribution in [3.05, 3.63) is 24.0 Å². The fourth-order valence-electron chi connectivity index (χ4n) is 2.61. The van der Waals surface area contributed by atoms with Gasteiger partial charge in [-0.1, -0.05) is 12.8 Å². The van der Waals surface area contributed by atoms with Crippen LogP contribution in [0.5, 0.6) is 0 Å². The third-order valence-corrected chi connectivity index (χ3v) is 3.37. The van der Waals surface area contributed by atoms with Gasteiger partial charge in [0.1, 0.15) is 0 Å². The number of rotatable bonds is 4. The Bertz CT molecular complexity index is 375. The van der Waals surface area contributed by atoms with E-state index in [0.717, 1.165) is 43.6 Å². The fourth-order valence-corrected chi connectivity index (χ4v) is 2.61.